The van der Waals surface area contributed by atoms with Crippen molar-refractivity contribution in [3.05, 3.63) is 66.4 Å². The van der Waals surface area contributed by atoms with Crippen LogP contribution in [0.25, 0.3) is 0 Å². The smallest absolute Gasteiger partial charge is 0.224 e. The van der Waals surface area contributed by atoms with Gasteiger partial charge < -0.3 is 20.1 Å². The average Bonchev–Trinajstić information content (AvgIpc) is 2.70. The normalized spacial score (nSPS) is 10.3. The molecular formula is C21H24N4O2. The van der Waals surface area contributed by atoms with Crippen LogP contribution in [0.4, 0.5) is 17.5 Å². The van der Waals surface area contributed by atoms with Crippen LogP contribution in [0.3, 0.4) is 0 Å². The fraction of sp³-hybridized carbons (Fsp3) is 0.238. The highest BCUT2D eigenvalue weighted by atomic mass is 16.5. The molecule has 2 aromatic carbocycles. The van der Waals surface area contributed by atoms with E-state index in [0.29, 0.717) is 24.9 Å². The van der Waals surface area contributed by atoms with Crippen molar-refractivity contribution < 1.29 is 9.47 Å². The Kier molecular flexibility index (Phi) is 6.46. The third kappa shape index (κ3) is 5.10. The maximum atomic E-state index is 5.64. The third-order valence-corrected chi connectivity index (χ3v) is 3.98. The van der Waals surface area contributed by atoms with E-state index in [4.69, 9.17) is 9.47 Å². The van der Waals surface area contributed by atoms with E-state index >= 15 is 0 Å². The van der Waals surface area contributed by atoms with Gasteiger partial charge in [0.1, 0.15) is 17.3 Å². The Labute approximate surface area is 159 Å². The van der Waals surface area contributed by atoms with Gasteiger partial charge in [0.05, 0.1) is 19.4 Å². The zero-order chi connectivity index (χ0) is 18.9. The fourth-order valence-electron chi connectivity index (χ4n) is 2.72. The molecule has 27 heavy (non-hydrogen) atoms. The summed E-state index contributed by atoms with van der Waals surface area (Å²) < 4.78 is 11.0. The largest absolute Gasteiger partial charge is 0.496 e. The molecule has 1 heterocycles. The third-order valence-electron chi connectivity index (χ3n) is 3.98. The van der Waals surface area contributed by atoms with Crippen molar-refractivity contribution >= 4 is 17.5 Å². The van der Waals surface area contributed by atoms with Crippen LogP contribution in [0.2, 0.25) is 0 Å². The van der Waals surface area contributed by atoms with E-state index in [0.717, 1.165) is 29.2 Å². The molecule has 0 aliphatic heterocycles. The Hall–Kier alpha value is -3.28. The van der Waals surface area contributed by atoms with E-state index in [1.54, 1.807) is 13.3 Å². The Bertz CT molecular complexity index is 870. The first-order chi connectivity index (χ1) is 13.3. The number of rotatable bonds is 9. The van der Waals surface area contributed by atoms with Gasteiger partial charge in [-0.2, -0.15) is 4.98 Å². The Morgan fingerprint density at radius 1 is 0.963 bits per heavy atom. The van der Waals surface area contributed by atoms with Gasteiger partial charge in [-0.1, -0.05) is 30.3 Å². The topological polar surface area (TPSA) is 68.3 Å². The highest BCUT2D eigenvalue weighted by Gasteiger charge is 2.06. The van der Waals surface area contributed by atoms with Crippen molar-refractivity contribution in [3.63, 3.8) is 0 Å². The first-order valence-corrected chi connectivity index (χ1v) is 8.98. The number of nitrogens with one attached hydrogen (secondary N) is 2. The zero-order valence-corrected chi connectivity index (χ0v) is 15.6. The van der Waals surface area contributed by atoms with E-state index in [1.165, 1.54) is 0 Å². The molecule has 6 nitrogen and oxygen atoms in total. The second-order valence-electron chi connectivity index (χ2n) is 5.81. The number of ether oxygens (including phenoxy) is 2. The SMILES string of the molecule is CCOc1ccccc1Nc1ccnc(NCCc2ccccc2OC)n1. The first-order valence-electron chi connectivity index (χ1n) is 8.98. The molecule has 3 aromatic rings. The molecular weight excluding hydrogens is 340 g/mol. The van der Waals surface area contributed by atoms with Crippen molar-refractivity contribution in [2.24, 2.45) is 0 Å². The van der Waals surface area contributed by atoms with E-state index in [9.17, 15) is 0 Å². The molecule has 0 aliphatic rings. The average molecular weight is 364 g/mol. The minimum absolute atomic E-state index is 0.573. The van der Waals surface area contributed by atoms with Crippen LogP contribution in [0, 0.1) is 0 Å². The molecule has 0 atom stereocenters. The van der Waals surface area contributed by atoms with E-state index < -0.39 is 0 Å². The molecule has 6 heteroatoms. The molecule has 0 radical (unpaired) electrons. The van der Waals surface area contributed by atoms with Crippen LogP contribution >= 0.6 is 0 Å². The van der Waals surface area contributed by atoms with Crippen LogP contribution < -0.4 is 20.1 Å². The highest BCUT2D eigenvalue weighted by Crippen LogP contribution is 2.26. The van der Waals surface area contributed by atoms with Crippen LogP contribution in [0.5, 0.6) is 11.5 Å². The highest BCUT2D eigenvalue weighted by molar-refractivity contribution is 5.64. The number of para-hydroxylation sites is 3. The number of aromatic nitrogens is 2. The second-order valence-corrected chi connectivity index (χ2v) is 5.81. The van der Waals surface area contributed by atoms with Crippen LogP contribution in [-0.2, 0) is 6.42 Å². The number of benzene rings is 2. The van der Waals surface area contributed by atoms with Gasteiger partial charge in [-0.3, -0.25) is 0 Å². The molecule has 0 aliphatic carbocycles. The Morgan fingerprint density at radius 3 is 2.56 bits per heavy atom. The summed E-state index contributed by atoms with van der Waals surface area (Å²) in [5.74, 6) is 2.97. The van der Waals surface area contributed by atoms with Gasteiger partial charge >= 0.3 is 0 Å². The lowest BCUT2D eigenvalue weighted by atomic mass is 10.1. The molecule has 140 valence electrons. The van der Waals surface area contributed by atoms with Crippen molar-refractivity contribution in [2.45, 2.75) is 13.3 Å². The molecule has 0 amide bonds. The summed E-state index contributed by atoms with van der Waals surface area (Å²) in [4.78, 5) is 8.81. The summed E-state index contributed by atoms with van der Waals surface area (Å²) >= 11 is 0. The van der Waals surface area contributed by atoms with Gasteiger partial charge in [0, 0.05) is 12.7 Å². The minimum Gasteiger partial charge on any atom is -0.496 e. The predicted molar refractivity (Wildman–Crippen MR) is 108 cm³/mol. The number of anilines is 3. The van der Waals surface area contributed by atoms with E-state index in [-0.39, 0.29) is 0 Å². The van der Waals surface area contributed by atoms with Gasteiger partial charge in [-0.15, -0.1) is 0 Å². The molecule has 0 saturated carbocycles. The summed E-state index contributed by atoms with van der Waals surface area (Å²) in [5.41, 5.74) is 2.02. The second kappa shape index (κ2) is 9.43. The van der Waals surface area contributed by atoms with Crippen molar-refractivity contribution in [1.29, 1.82) is 0 Å². The first kappa shape index (κ1) is 18.5. The van der Waals surface area contributed by atoms with Crippen molar-refractivity contribution in [2.75, 3.05) is 30.9 Å². The van der Waals surface area contributed by atoms with Gasteiger partial charge in [0.15, 0.2) is 0 Å². The molecule has 3 rings (SSSR count). The van der Waals surface area contributed by atoms with Crippen LogP contribution in [0.15, 0.2) is 60.8 Å². The Morgan fingerprint density at radius 2 is 1.74 bits per heavy atom. The summed E-state index contributed by atoms with van der Waals surface area (Å²) in [6.07, 6.45) is 2.54. The molecule has 2 N–H and O–H groups in total. The lowest BCUT2D eigenvalue weighted by Gasteiger charge is -2.12. The van der Waals surface area contributed by atoms with Crippen LogP contribution in [0.1, 0.15) is 12.5 Å². The zero-order valence-electron chi connectivity index (χ0n) is 15.6. The number of hydrogen-bond donors (Lipinski definition) is 2. The lowest BCUT2D eigenvalue weighted by molar-refractivity contribution is 0.342. The standard InChI is InChI=1S/C21H24N4O2/c1-3-27-19-11-7-5-9-17(19)24-20-13-15-23-21(25-20)22-14-12-16-8-4-6-10-18(16)26-2/h4-11,13,15H,3,12,14H2,1-2H3,(H2,22,23,24,25). The number of hydrogen-bond acceptors (Lipinski definition) is 6. The van der Waals surface area contributed by atoms with E-state index in [1.807, 2.05) is 55.5 Å². The monoisotopic (exact) mass is 364 g/mol. The van der Waals surface area contributed by atoms with Crippen LogP contribution in [-0.4, -0.2) is 30.2 Å². The summed E-state index contributed by atoms with van der Waals surface area (Å²) in [7, 11) is 1.69. The molecule has 0 spiro atoms. The summed E-state index contributed by atoms with van der Waals surface area (Å²) in [6, 6.07) is 17.6. The molecule has 0 bridgehead atoms. The maximum absolute atomic E-state index is 5.64. The van der Waals surface area contributed by atoms with Crippen molar-refractivity contribution in [1.82, 2.24) is 9.97 Å². The molecule has 0 saturated heterocycles. The molecule has 1 aromatic heterocycles. The maximum Gasteiger partial charge on any atom is 0.224 e. The number of methoxy groups -OCH3 is 1. The van der Waals surface area contributed by atoms with Gasteiger partial charge in [-0.25, -0.2) is 4.98 Å². The van der Waals surface area contributed by atoms with Gasteiger partial charge in [0.2, 0.25) is 5.95 Å². The predicted octanol–water partition coefficient (Wildman–Crippen LogP) is 4.28. The van der Waals surface area contributed by atoms with Gasteiger partial charge in [0.25, 0.3) is 0 Å². The summed E-state index contributed by atoms with van der Waals surface area (Å²) in [5, 5.41) is 6.55. The van der Waals surface area contributed by atoms with E-state index in [2.05, 4.69) is 26.7 Å². The Balaban J connectivity index is 1.62. The lowest BCUT2D eigenvalue weighted by Crippen LogP contribution is -2.09. The van der Waals surface area contributed by atoms with Gasteiger partial charge in [-0.05, 0) is 43.2 Å². The summed E-state index contributed by atoms with van der Waals surface area (Å²) in [6.45, 7) is 3.28. The number of nitrogens with zero attached hydrogens (tertiary/aromatic N) is 2. The minimum atomic E-state index is 0.573. The fourth-order valence-corrected chi connectivity index (χ4v) is 2.72. The molecule has 0 unspecified atom stereocenters. The molecule has 0 fully saturated rings. The quantitative estimate of drug-likeness (QED) is 0.591. The van der Waals surface area contributed by atoms with Crippen molar-refractivity contribution in [3.8, 4) is 11.5 Å².